The normalized spacial score (nSPS) is 10.6. The predicted molar refractivity (Wildman–Crippen MR) is 63.6 cm³/mol. The second-order valence-electron chi connectivity index (χ2n) is 3.36. The lowest BCUT2D eigenvalue weighted by molar-refractivity contribution is 0.112. The smallest absolute Gasteiger partial charge is 0.153 e. The molecule has 0 unspecified atom stereocenters. The van der Waals surface area contributed by atoms with Crippen LogP contribution in [0.2, 0.25) is 0 Å². The fraction of sp³-hybridized carbons (Fsp3) is 0.300. The summed E-state index contributed by atoms with van der Waals surface area (Å²) < 4.78 is 0.958. The van der Waals surface area contributed by atoms with Crippen LogP contribution < -0.4 is 0 Å². The zero-order chi connectivity index (χ0) is 10.7. The molecule has 0 radical (unpaired) electrons. The molecule has 0 aliphatic carbocycles. The molecule has 0 saturated heterocycles. The van der Waals surface area contributed by atoms with Gasteiger partial charge in [0, 0.05) is 15.7 Å². The Morgan fingerprint density at radius 3 is 2.64 bits per heavy atom. The number of rotatable bonds is 3. The van der Waals surface area contributed by atoms with Crippen LogP contribution in [0.5, 0.6) is 5.75 Å². The van der Waals surface area contributed by atoms with Crippen LogP contribution in [0, 0.1) is 3.57 Å². The van der Waals surface area contributed by atoms with Gasteiger partial charge in [0.05, 0.1) is 5.56 Å². The van der Waals surface area contributed by atoms with Crippen molar-refractivity contribution in [1.29, 1.82) is 0 Å². The van der Waals surface area contributed by atoms with E-state index in [0.29, 0.717) is 18.4 Å². The van der Waals surface area contributed by atoms with Crippen molar-refractivity contribution in [3.05, 3.63) is 26.8 Å². The van der Waals surface area contributed by atoms with Gasteiger partial charge in [0.15, 0.2) is 6.29 Å². The highest BCUT2D eigenvalue weighted by Crippen LogP contribution is 2.25. The van der Waals surface area contributed by atoms with Gasteiger partial charge in [0.1, 0.15) is 5.75 Å². The molecular formula is C10H12INO2. The van der Waals surface area contributed by atoms with Crippen molar-refractivity contribution in [2.24, 2.45) is 0 Å². The summed E-state index contributed by atoms with van der Waals surface area (Å²) in [5.41, 5.74) is 1.14. The largest absolute Gasteiger partial charge is 0.507 e. The summed E-state index contributed by atoms with van der Waals surface area (Å²) >= 11 is 2.13. The van der Waals surface area contributed by atoms with Gasteiger partial charge in [0.2, 0.25) is 0 Å². The van der Waals surface area contributed by atoms with E-state index >= 15 is 0 Å². The number of carbonyl (C=O) groups is 1. The van der Waals surface area contributed by atoms with Gasteiger partial charge in [-0.3, -0.25) is 4.79 Å². The number of aromatic hydroxyl groups is 1. The van der Waals surface area contributed by atoms with E-state index in [9.17, 15) is 9.90 Å². The third-order valence-electron chi connectivity index (χ3n) is 1.80. The molecule has 0 spiro atoms. The summed E-state index contributed by atoms with van der Waals surface area (Å²) in [5, 5.41) is 9.70. The molecule has 0 aromatic heterocycles. The standard InChI is InChI=1S/C10H12INO2/c1-12(2)5-7-3-9(11)4-8(6-13)10(7)14/h3-4,6,14H,5H2,1-2H3. The average Bonchev–Trinajstić information content (AvgIpc) is 2.09. The molecule has 0 fully saturated rings. The fourth-order valence-electron chi connectivity index (χ4n) is 1.23. The van der Waals surface area contributed by atoms with Crippen LogP contribution in [-0.2, 0) is 6.54 Å². The van der Waals surface area contributed by atoms with Gasteiger partial charge >= 0.3 is 0 Å². The highest BCUT2D eigenvalue weighted by molar-refractivity contribution is 14.1. The van der Waals surface area contributed by atoms with Crippen molar-refractivity contribution in [3.63, 3.8) is 0 Å². The maximum Gasteiger partial charge on any atom is 0.153 e. The molecule has 1 N–H and O–H groups in total. The van der Waals surface area contributed by atoms with Crippen LogP contribution >= 0.6 is 22.6 Å². The summed E-state index contributed by atoms with van der Waals surface area (Å²) in [6, 6.07) is 3.55. The SMILES string of the molecule is CN(C)Cc1cc(I)cc(C=O)c1O. The van der Waals surface area contributed by atoms with Gasteiger partial charge in [-0.25, -0.2) is 0 Å². The average molecular weight is 305 g/mol. The highest BCUT2D eigenvalue weighted by atomic mass is 127. The molecule has 4 heteroatoms. The van der Waals surface area contributed by atoms with Crippen molar-refractivity contribution < 1.29 is 9.90 Å². The molecule has 1 aromatic carbocycles. The number of nitrogens with zero attached hydrogens (tertiary/aromatic N) is 1. The first-order valence-electron chi connectivity index (χ1n) is 4.16. The molecule has 1 rings (SSSR count). The number of carbonyl (C=O) groups excluding carboxylic acids is 1. The molecule has 0 aliphatic heterocycles. The van der Waals surface area contributed by atoms with E-state index in [1.54, 1.807) is 6.07 Å². The van der Waals surface area contributed by atoms with Crippen molar-refractivity contribution in [3.8, 4) is 5.75 Å². The van der Waals surface area contributed by atoms with Crippen molar-refractivity contribution in [2.75, 3.05) is 14.1 Å². The second kappa shape index (κ2) is 4.75. The topological polar surface area (TPSA) is 40.5 Å². The summed E-state index contributed by atoms with van der Waals surface area (Å²) in [5.74, 6) is 0.0918. The van der Waals surface area contributed by atoms with Crippen LogP contribution in [0.1, 0.15) is 15.9 Å². The highest BCUT2D eigenvalue weighted by Gasteiger charge is 2.08. The van der Waals surface area contributed by atoms with Crippen LogP contribution in [0.15, 0.2) is 12.1 Å². The molecule has 3 nitrogen and oxygen atoms in total. The van der Waals surface area contributed by atoms with Gasteiger partial charge in [0.25, 0.3) is 0 Å². The Bertz CT molecular complexity index is 350. The van der Waals surface area contributed by atoms with E-state index in [1.807, 2.05) is 25.1 Å². The minimum absolute atomic E-state index is 0.0918. The minimum atomic E-state index is 0.0918. The number of hydrogen-bond donors (Lipinski definition) is 1. The second-order valence-corrected chi connectivity index (χ2v) is 4.60. The third kappa shape index (κ3) is 2.68. The lowest BCUT2D eigenvalue weighted by atomic mass is 10.1. The van der Waals surface area contributed by atoms with E-state index in [4.69, 9.17) is 0 Å². The van der Waals surface area contributed by atoms with Gasteiger partial charge in [-0.2, -0.15) is 0 Å². The Hall–Kier alpha value is -0.620. The van der Waals surface area contributed by atoms with Gasteiger partial charge in [-0.1, -0.05) is 0 Å². The number of phenolic OH excluding ortho intramolecular Hbond substituents is 1. The Kier molecular flexibility index (Phi) is 3.88. The fourth-order valence-corrected chi connectivity index (χ4v) is 1.94. The first-order valence-corrected chi connectivity index (χ1v) is 5.23. The Morgan fingerprint density at radius 1 is 1.50 bits per heavy atom. The maximum absolute atomic E-state index is 10.6. The first-order chi connectivity index (χ1) is 6.54. The molecule has 14 heavy (non-hydrogen) atoms. The van der Waals surface area contributed by atoms with E-state index < -0.39 is 0 Å². The van der Waals surface area contributed by atoms with Crippen LogP contribution in [0.25, 0.3) is 0 Å². The first kappa shape index (κ1) is 11.5. The van der Waals surface area contributed by atoms with Crippen LogP contribution in [0.3, 0.4) is 0 Å². The quantitative estimate of drug-likeness (QED) is 0.684. The van der Waals surface area contributed by atoms with Crippen molar-refractivity contribution in [1.82, 2.24) is 4.90 Å². The number of hydrogen-bond acceptors (Lipinski definition) is 3. The predicted octanol–water partition coefficient (Wildman–Crippen LogP) is 1.87. The number of halogens is 1. The lowest BCUT2D eigenvalue weighted by Crippen LogP contribution is -2.11. The molecule has 1 aromatic rings. The lowest BCUT2D eigenvalue weighted by Gasteiger charge is -2.12. The van der Waals surface area contributed by atoms with Crippen LogP contribution in [0.4, 0.5) is 0 Å². The number of benzene rings is 1. The zero-order valence-electron chi connectivity index (χ0n) is 8.12. The van der Waals surface area contributed by atoms with Crippen LogP contribution in [-0.4, -0.2) is 30.4 Å². The minimum Gasteiger partial charge on any atom is -0.507 e. The molecule has 0 aliphatic rings. The van der Waals surface area contributed by atoms with E-state index in [2.05, 4.69) is 22.6 Å². The molecule has 0 saturated carbocycles. The van der Waals surface area contributed by atoms with E-state index in [0.717, 1.165) is 9.13 Å². The number of phenols is 1. The van der Waals surface area contributed by atoms with Gasteiger partial charge in [-0.05, 0) is 48.8 Å². The van der Waals surface area contributed by atoms with E-state index in [-0.39, 0.29) is 5.75 Å². The van der Waals surface area contributed by atoms with Gasteiger partial charge in [-0.15, -0.1) is 0 Å². The summed E-state index contributed by atoms with van der Waals surface area (Å²) in [6.45, 7) is 0.628. The molecule has 0 atom stereocenters. The Labute approximate surface area is 96.9 Å². The van der Waals surface area contributed by atoms with Crippen molar-refractivity contribution in [2.45, 2.75) is 6.54 Å². The zero-order valence-corrected chi connectivity index (χ0v) is 10.3. The molecular weight excluding hydrogens is 293 g/mol. The number of aldehydes is 1. The summed E-state index contributed by atoms with van der Waals surface area (Å²) in [7, 11) is 3.83. The molecule has 0 bridgehead atoms. The molecule has 0 amide bonds. The van der Waals surface area contributed by atoms with Gasteiger partial charge < -0.3 is 10.0 Å². The maximum atomic E-state index is 10.6. The van der Waals surface area contributed by atoms with Crippen molar-refractivity contribution >= 4 is 28.9 Å². The third-order valence-corrected chi connectivity index (χ3v) is 2.42. The Morgan fingerprint density at radius 2 is 2.14 bits per heavy atom. The molecule has 0 heterocycles. The summed E-state index contributed by atoms with van der Waals surface area (Å²) in [6.07, 6.45) is 0.677. The Balaban J connectivity index is 3.15. The summed E-state index contributed by atoms with van der Waals surface area (Å²) in [4.78, 5) is 12.6. The van der Waals surface area contributed by atoms with E-state index in [1.165, 1.54) is 0 Å². The monoisotopic (exact) mass is 305 g/mol. The molecule has 76 valence electrons.